The lowest BCUT2D eigenvalue weighted by molar-refractivity contribution is -0.124. The van der Waals surface area contributed by atoms with Crippen molar-refractivity contribution >= 4 is 17.7 Å². The summed E-state index contributed by atoms with van der Waals surface area (Å²) in [7, 11) is 0. The van der Waals surface area contributed by atoms with Gasteiger partial charge in [0.15, 0.2) is 0 Å². The molecule has 16 heavy (non-hydrogen) atoms. The van der Waals surface area contributed by atoms with E-state index >= 15 is 0 Å². The number of hydrogen-bond donors (Lipinski definition) is 1. The first-order chi connectivity index (χ1) is 7.84. The van der Waals surface area contributed by atoms with Gasteiger partial charge in [-0.25, -0.2) is 0 Å². The SMILES string of the molecule is O=C(CCSc1ccccc1)NC1COC1. The van der Waals surface area contributed by atoms with E-state index in [1.165, 1.54) is 4.90 Å². The number of ether oxygens (including phenoxy) is 1. The molecule has 1 N–H and O–H groups in total. The maximum absolute atomic E-state index is 11.5. The van der Waals surface area contributed by atoms with Crippen molar-refractivity contribution in [2.24, 2.45) is 0 Å². The van der Waals surface area contributed by atoms with Gasteiger partial charge in [-0.2, -0.15) is 0 Å². The minimum Gasteiger partial charge on any atom is -0.377 e. The van der Waals surface area contributed by atoms with Crippen molar-refractivity contribution < 1.29 is 9.53 Å². The second-order valence-corrected chi connectivity index (χ2v) is 4.88. The van der Waals surface area contributed by atoms with Gasteiger partial charge in [0.05, 0.1) is 19.3 Å². The van der Waals surface area contributed by atoms with Crippen LogP contribution in [-0.4, -0.2) is 30.9 Å². The van der Waals surface area contributed by atoms with Crippen LogP contribution < -0.4 is 5.32 Å². The predicted molar refractivity (Wildman–Crippen MR) is 64.5 cm³/mol. The average molecular weight is 237 g/mol. The summed E-state index contributed by atoms with van der Waals surface area (Å²) in [6.07, 6.45) is 0.566. The summed E-state index contributed by atoms with van der Waals surface area (Å²) >= 11 is 1.71. The molecule has 0 aromatic heterocycles. The van der Waals surface area contributed by atoms with E-state index in [2.05, 4.69) is 17.4 Å². The summed E-state index contributed by atoms with van der Waals surface area (Å²) in [4.78, 5) is 12.7. The highest BCUT2D eigenvalue weighted by atomic mass is 32.2. The predicted octanol–water partition coefficient (Wildman–Crippen LogP) is 1.68. The summed E-state index contributed by atoms with van der Waals surface area (Å²) in [5.74, 6) is 0.945. The van der Waals surface area contributed by atoms with E-state index in [0.29, 0.717) is 19.6 Å². The van der Waals surface area contributed by atoms with E-state index in [4.69, 9.17) is 4.74 Å². The Balaban J connectivity index is 1.62. The Morgan fingerprint density at radius 2 is 2.12 bits per heavy atom. The monoisotopic (exact) mass is 237 g/mol. The molecule has 1 aliphatic rings. The Morgan fingerprint density at radius 3 is 2.75 bits per heavy atom. The van der Waals surface area contributed by atoms with E-state index in [0.717, 1.165) is 5.75 Å². The summed E-state index contributed by atoms with van der Waals surface area (Å²) < 4.78 is 4.99. The number of nitrogens with one attached hydrogen (secondary N) is 1. The van der Waals surface area contributed by atoms with Crippen LogP contribution in [0.1, 0.15) is 6.42 Å². The zero-order chi connectivity index (χ0) is 11.2. The van der Waals surface area contributed by atoms with Gasteiger partial charge < -0.3 is 10.1 Å². The second-order valence-electron chi connectivity index (χ2n) is 3.71. The fourth-order valence-corrected chi connectivity index (χ4v) is 2.27. The Labute approximate surface area is 99.6 Å². The van der Waals surface area contributed by atoms with Crippen molar-refractivity contribution in [3.05, 3.63) is 30.3 Å². The Hall–Kier alpha value is -1.00. The number of carbonyl (C=O) groups excluding carboxylic acids is 1. The van der Waals surface area contributed by atoms with Gasteiger partial charge in [-0.15, -0.1) is 11.8 Å². The molecule has 1 heterocycles. The molecule has 1 saturated heterocycles. The maximum Gasteiger partial charge on any atom is 0.221 e. The number of amides is 1. The minimum absolute atomic E-state index is 0.122. The smallest absolute Gasteiger partial charge is 0.221 e. The summed E-state index contributed by atoms with van der Waals surface area (Å²) in [6, 6.07) is 10.4. The zero-order valence-corrected chi connectivity index (χ0v) is 9.83. The lowest BCUT2D eigenvalue weighted by atomic mass is 10.2. The summed E-state index contributed by atoms with van der Waals surface area (Å²) in [5, 5.41) is 2.93. The molecular formula is C12H15NO2S. The van der Waals surface area contributed by atoms with Crippen molar-refractivity contribution in [3.8, 4) is 0 Å². The van der Waals surface area contributed by atoms with Crippen molar-refractivity contribution in [1.29, 1.82) is 0 Å². The first-order valence-corrected chi connectivity index (χ1v) is 6.38. The third-order valence-electron chi connectivity index (χ3n) is 2.34. The molecule has 4 heteroatoms. The van der Waals surface area contributed by atoms with Gasteiger partial charge in [-0.05, 0) is 12.1 Å². The van der Waals surface area contributed by atoms with Crippen molar-refractivity contribution in [2.75, 3.05) is 19.0 Å². The molecule has 1 aromatic carbocycles. The number of hydrogen-bond acceptors (Lipinski definition) is 3. The summed E-state index contributed by atoms with van der Waals surface area (Å²) in [5.41, 5.74) is 0. The fraction of sp³-hybridized carbons (Fsp3) is 0.417. The molecule has 0 radical (unpaired) electrons. The molecule has 2 rings (SSSR count). The molecule has 1 aliphatic heterocycles. The molecule has 1 fully saturated rings. The molecule has 0 unspecified atom stereocenters. The minimum atomic E-state index is 0.122. The normalized spacial score (nSPS) is 15.5. The summed E-state index contributed by atoms with van der Waals surface area (Å²) in [6.45, 7) is 1.33. The third kappa shape index (κ3) is 3.54. The van der Waals surface area contributed by atoms with Gasteiger partial charge in [-0.3, -0.25) is 4.79 Å². The van der Waals surface area contributed by atoms with Crippen LogP contribution in [0.4, 0.5) is 0 Å². The molecule has 1 amide bonds. The van der Waals surface area contributed by atoms with Gasteiger partial charge >= 0.3 is 0 Å². The van der Waals surface area contributed by atoms with Gasteiger partial charge in [0.25, 0.3) is 0 Å². The standard InChI is InChI=1S/C12H15NO2S/c14-12(13-10-8-15-9-10)6-7-16-11-4-2-1-3-5-11/h1-5,10H,6-9H2,(H,13,14). The van der Waals surface area contributed by atoms with E-state index in [1.54, 1.807) is 11.8 Å². The molecule has 0 bridgehead atoms. The van der Waals surface area contributed by atoms with Crippen molar-refractivity contribution in [2.45, 2.75) is 17.4 Å². The van der Waals surface area contributed by atoms with E-state index in [1.807, 2.05) is 18.2 Å². The van der Waals surface area contributed by atoms with Crippen LogP contribution in [-0.2, 0) is 9.53 Å². The van der Waals surface area contributed by atoms with Crippen LogP contribution in [0.5, 0.6) is 0 Å². The second kappa shape index (κ2) is 5.92. The fourth-order valence-electron chi connectivity index (χ4n) is 1.40. The molecule has 0 aliphatic carbocycles. The highest BCUT2D eigenvalue weighted by molar-refractivity contribution is 7.99. The number of rotatable bonds is 5. The van der Waals surface area contributed by atoms with Gasteiger partial charge in [-0.1, -0.05) is 18.2 Å². The topological polar surface area (TPSA) is 38.3 Å². The maximum atomic E-state index is 11.5. The first kappa shape index (κ1) is 11.5. The molecule has 1 aromatic rings. The van der Waals surface area contributed by atoms with Gasteiger partial charge in [0, 0.05) is 17.1 Å². The number of carbonyl (C=O) groups is 1. The Kier molecular flexibility index (Phi) is 4.25. The molecule has 0 atom stereocenters. The zero-order valence-electron chi connectivity index (χ0n) is 9.02. The molecule has 0 saturated carbocycles. The van der Waals surface area contributed by atoms with E-state index in [-0.39, 0.29) is 11.9 Å². The average Bonchev–Trinajstić information content (AvgIpc) is 2.25. The van der Waals surface area contributed by atoms with Crippen LogP contribution in [0.15, 0.2) is 35.2 Å². The molecule has 3 nitrogen and oxygen atoms in total. The van der Waals surface area contributed by atoms with Crippen LogP contribution in [0.25, 0.3) is 0 Å². The van der Waals surface area contributed by atoms with Crippen LogP contribution in [0, 0.1) is 0 Å². The van der Waals surface area contributed by atoms with E-state index in [9.17, 15) is 4.79 Å². The molecule has 86 valence electrons. The van der Waals surface area contributed by atoms with Crippen LogP contribution >= 0.6 is 11.8 Å². The largest absolute Gasteiger partial charge is 0.377 e. The van der Waals surface area contributed by atoms with Crippen LogP contribution in [0.3, 0.4) is 0 Å². The van der Waals surface area contributed by atoms with Crippen molar-refractivity contribution in [3.63, 3.8) is 0 Å². The lowest BCUT2D eigenvalue weighted by Crippen LogP contribution is -2.48. The third-order valence-corrected chi connectivity index (χ3v) is 3.36. The Bertz CT molecular complexity index is 338. The highest BCUT2D eigenvalue weighted by Crippen LogP contribution is 2.17. The highest BCUT2D eigenvalue weighted by Gasteiger charge is 2.19. The van der Waals surface area contributed by atoms with Gasteiger partial charge in [0.1, 0.15) is 0 Å². The lowest BCUT2D eigenvalue weighted by Gasteiger charge is -2.26. The van der Waals surface area contributed by atoms with Gasteiger partial charge in [0.2, 0.25) is 5.91 Å². The molecular weight excluding hydrogens is 222 g/mol. The number of benzene rings is 1. The van der Waals surface area contributed by atoms with E-state index < -0.39 is 0 Å². The quantitative estimate of drug-likeness (QED) is 0.792. The first-order valence-electron chi connectivity index (χ1n) is 5.39. The van der Waals surface area contributed by atoms with Crippen molar-refractivity contribution in [1.82, 2.24) is 5.32 Å². The number of thioether (sulfide) groups is 1. The van der Waals surface area contributed by atoms with Crippen LogP contribution in [0.2, 0.25) is 0 Å². The molecule has 0 spiro atoms. The Morgan fingerprint density at radius 1 is 1.38 bits per heavy atom.